The van der Waals surface area contributed by atoms with E-state index in [1.54, 1.807) is 0 Å². The molecule has 0 saturated heterocycles. The summed E-state index contributed by atoms with van der Waals surface area (Å²) in [5, 5.41) is 11.3. The van der Waals surface area contributed by atoms with Gasteiger partial charge in [-0.05, 0) is 18.4 Å². The van der Waals surface area contributed by atoms with Gasteiger partial charge in [-0.15, -0.1) is 0 Å². The second kappa shape index (κ2) is 4.33. The van der Waals surface area contributed by atoms with Crippen LogP contribution in [0.1, 0.15) is 6.92 Å². The predicted octanol–water partition coefficient (Wildman–Crippen LogP) is 3.46. The zero-order valence-electron chi connectivity index (χ0n) is 10.8. The van der Waals surface area contributed by atoms with Gasteiger partial charge in [0, 0.05) is 5.39 Å². The molecule has 0 aromatic heterocycles. The minimum Gasteiger partial charge on any atom is -0.486 e. The van der Waals surface area contributed by atoms with Crippen molar-refractivity contribution in [2.24, 2.45) is 0 Å². The van der Waals surface area contributed by atoms with Gasteiger partial charge < -0.3 is 9.64 Å². The first-order valence-corrected chi connectivity index (χ1v) is 6.25. The maximum atomic E-state index is 9.08. The summed E-state index contributed by atoms with van der Waals surface area (Å²) in [6.07, 6.45) is 0.0309. The van der Waals surface area contributed by atoms with Gasteiger partial charge in [0.2, 0.25) is 0 Å². The summed E-state index contributed by atoms with van der Waals surface area (Å²) in [6, 6.07) is 14.3. The van der Waals surface area contributed by atoms with E-state index in [4.69, 9.17) is 10.00 Å². The minimum atomic E-state index is 0.0309. The highest BCUT2D eigenvalue weighted by Crippen LogP contribution is 2.40. The standard InChI is InChI=1S/C16H14N2O/c1-11(9-17)18-10-12(2)19-16-14-6-4-3-5-13(14)7-8-15(16)18/h3-8,12H,1,10H2,2H3. The fourth-order valence-electron chi connectivity index (χ4n) is 2.48. The molecule has 0 bridgehead atoms. The fourth-order valence-corrected chi connectivity index (χ4v) is 2.48. The zero-order valence-corrected chi connectivity index (χ0v) is 10.8. The lowest BCUT2D eigenvalue weighted by atomic mass is 10.1. The highest BCUT2D eigenvalue weighted by atomic mass is 16.5. The molecular weight excluding hydrogens is 236 g/mol. The minimum absolute atomic E-state index is 0.0309. The Morgan fingerprint density at radius 2 is 2.16 bits per heavy atom. The summed E-state index contributed by atoms with van der Waals surface area (Å²) in [5.41, 5.74) is 1.37. The van der Waals surface area contributed by atoms with Crippen LogP contribution in [0.3, 0.4) is 0 Å². The molecule has 0 amide bonds. The van der Waals surface area contributed by atoms with Gasteiger partial charge in [0.05, 0.1) is 12.2 Å². The molecule has 94 valence electrons. The zero-order chi connectivity index (χ0) is 13.4. The summed E-state index contributed by atoms with van der Waals surface area (Å²) in [5.74, 6) is 0.841. The number of rotatable bonds is 1. The van der Waals surface area contributed by atoms with Gasteiger partial charge in [-0.1, -0.05) is 36.9 Å². The number of anilines is 1. The molecule has 1 aliphatic heterocycles. The van der Waals surface area contributed by atoms with E-state index in [9.17, 15) is 0 Å². The molecule has 1 aliphatic rings. The largest absolute Gasteiger partial charge is 0.486 e. The number of ether oxygens (including phenoxy) is 1. The van der Waals surface area contributed by atoms with Gasteiger partial charge in [-0.3, -0.25) is 0 Å². The monoisotopic (exact) mass is 250 g/mol. The van der Waals surface area contributed by atoms with Crippen LogP contribution in [0.5, 0.6) is 5.75 Å². The van der Waals surface area contributed by atoms with Crippen molar-refractivity contribution in [1.82, 2.24) is 0 Å². The Kier molecular flexibility index (Phi) is 2.64. The first kappa shape index (κ1) is 11.6. The number of benzene rings is 2. The van der Waals surface area contributed by atoms with Gasteiger partial charge in [0.15, 0.2) is 5.75 Å². The molecule has 2 aromatic carbocycles. The van der Waals surface area contributed by atoms with E-state index < -0.39 is 0 Å². The number of nitrogens with zero attached hydrogens (tertiary/aromatic N) is 2. The van der Waals surface area contributed by atoms with Crippen molar-refractivity contribution in [3.05, 3.63) is 48.7 Å². The smallest absolute Gasteiger partial charge is 0.151 e. The van der Waals surface area contributed by atoms with Crippen molar-refractivity contribution < 1.29 is 4.74 Å². The Labute approximate surface area is 112 Å². The van der Waals surface area contributed by atoms with E-state index in [0.29, 0.717) is 12.2 Å². The third-order valence-electron chi connectivity index (χ3n) is 3.36. The van der Waals surface area contributed by atoms with Crippen LogP contribution in [-0.2, 0) is 0 Å². The average molecular weight is 250 g/mol. The van der Waals surface area contributed by atoms with E-state index in [1.807, 2.05) is 42.2 Å². The molecule has 0 N–H and O–H groups in total. The lowest BCUT2D eigenvalue weighted by Crippen LogP contribution is -2.37. The van der Waals surface area contributed by atoms with Crippen LogP contribution >= 0.6 is 0 Å². The predicted molar refractivity (Wildman–Crippen MR) is 76.1 cm³/mol. The quantitative estimate of drug-likeness (QED) is 0.727. The molecular formula is C16H14N2O. The summed E-state index contributed by atoms with van der Waals surface area (Å²) in [4.78, 5) is 1.93. The molecule has 0 fully saturated rings. The Bertz CT molecular complexity index is 699. The first-order valence-electron chi connectivity index (χ1n) is 6.25. The molecule has 3 nitrogen and oxygen atoms in total. The molecule has 1 atom stereocenters. The van der Waals surface area contributed by atoms with E-state index >= 15 is 0 Å². The lowest BCUT2D eigenvalue weighted by Gasteiger charge is -2.34. The number of nitriles is 1. The molecule has 0 radical (unpaired) electrons. The van der Waals surface area contributed by atoms with E-state index in [-0.39, 0.29) is 6.10 Å². The van der Waals surface area contributed by atoms with Crippen LogP contribution in [0.25, 0.3) is 10.8 Å². The first-order chi connectivity index (χ1) is 9.20. The third-order valence-corrected chi connectivity index (χ3v) is 3.36. The highest BCUT2D eigenvalue weighted by Gasteiger charge is 2.26. The molecule has 3 rings (SSSR count). The Morgan fingerprint density at radius 1 is 1.37 bits per heavy atom. The summed E-state index contributed by atoms with van der Waals surface area (Å²) < 4.78 is 5.98. The van der Waals surface area contributed by atoms with Crippen LogP contribution < -0.4 is 9.64 Å². The number of fused-ring (bicyclic) bond motifs is 3. The number of hydrogen-bond acceptors (Lipinski definition) is 3. The van der Waals surface area contributed by atoms with Gasteiger partial charge in [-0.2, -0.15) is 5.26 Å². The molecule has 1 heterocycles. The Hall–Kier alpha value is -2.47. The van der Waals surface area contributed by atoms with Crippen molar-refractivity contribution in [2.45, 2.75) is 13.0 Å². The van der Waals surface area contributed by atoms with E-state index in [2.05, 4.69) is 18.7 Å². The lowest BCUT2D eigenvalue weighted by molar-refractivity contribution is 0.219. The summed E-state index contributed by atoms with van der Waals surface area (Å²) in [6.45, 7) is 6.47. The maximum absolute atomic E-state index is 9.08. The molecule has 0 spiro atoms. The summed E-state index contributed by atoms with van der Waals surface area (Å²) in [7, 11) is 0. The van der Waals surface area contributed by atoms with Crippen molar-refractivity contribution in [3.8, 4) is 11.8 Å². The van der Waals surface area contributed by atoms with Crippen LogP contribution in [0.2, 0.25) is 0 Å². The number of allylic oxidation sites excluding steroid dienone is 1. The molecule has 1 unspecified atom stereocenters. The van der Waals surface area contributed by atoms with E-state index in [1.165, 1.54) is 0 Å². The Morgan fingerprint density at radius 3 is 2.95 bits per heavy atom. The second-order valence-corrected chi connectivity index (χ2v) is 4.73. The average Bonchev–Trinajstić information content (AvgIpc) is 2.45. The number of hydrogen-bond donors (Lipinski definition) is 0. The van der Waals surface area contributed by atoms with Crippen molar-refractivity contribution in [1.29, 1.82) is 5.26 Å². The van der Waals surface area contributed by atoms with Crippen LogP contribution in [-0.4, -0.2) is 12.6 Å². The van der Waals surface area contributed by atoms with Gasteiger partial charge in [0.25, 0.3) is 0 Å². The van der Waals surface area contributed by atoms with Crippen LogP contribution in [0.15, 0.2) is 48.7 Å². The topological polar surface area (TPSA) is 36.3 Å². The van der Waals surface area contributed by atoms with Crippen LogP contribution in [0.4, 0.5) is 5.69 Å². The van der Waals surface area contributed by atoms with Crippen LogP contribution in [0, 0.1) is 11.3 Å². The fraction of sp³-hybridized carbons (Fsp3) is 0.188. The second-order valence-electron chi connectivity index (χ2n) is 4.73. The van der Waals surface area contributed by atoms with E-state index in [0.717, 1.165) is 22.2 Å². The highest BCUT2D eigenvalue weighted by molar-refractivity contribution is 5.94. The molecule has 0 saturated carbocycles. The third kappa shape index (κ3) is 1.82. The van der Waals surface area contributed by atoms with Crippen molar-refractivity contribution in [2.75, 3.05) is 11.4 Å². The normalized spacial score (nSPS) is 17.5. The van der Waals surface area contributed by atoms with Gasteiger partial charge in [-0.25, -0.2) is 0 Å². The SMILES string of the molecule is C=C(C#N)N1CC(C)Oc2c1ccc1ccccc21. The molecule has 2 aromatic rings. The van der Waals surface area contributed by atoms with Gasteiger partial charge >= 0.3 is 0 Å². The molecule has 19 heavy (non-hydrogen) atoms. The van der Waals surface area contributed by atoms with Gasteiger partial charge in [0.1, 0.15) is 17.9 Å². The van der Waals surface area contributed by atoms with Crippen molar-refractivity contribution in [3.63, 3.8) is 0 Å². The van der Waals surface area contributed by atoms with Crippen molar-refractivity contribution >= 4 is 16.5 Å². The molecule has 0 aliphatic carbocycles. The Balaban J connectivity index is 2.24. The molecule has 3 heteroatoms. The summed E-state index contributed by atoms with van der Waals surface area (Å²) >= 11 is 0. The maximum Gasteiger partial charge on any atom is 0.151 e.